The van der Waals surface area contributed by atoms with E-state index in [2.05, 4.69) is 10.1 Å². The van der Waals surface area contributed by atoms with Crippen LogP contribution in [0.25, 0.3) is 0 Å². The van der Waals surface area contributed by atoms with Crippen molar-refractivity contribution in [2.45, 2.75) is 0 Å². The Labute approximate surface area is 32.0 Å². The minimum atomic E-state index is -2.82. The normalized spacial score (nSPS) is 15.5. The molecule has 4 heavy (non-hydrogen) atoms. The van der Waals surface area contributed by atoms with Crippen LogP contribution in [0.5, 0.6) is 0 Å². The van der Waals surface area contributed by atoms with Crippen molar-refractivity contribution in [3.63, 3.8) is 0 Å². The molecule has 0 fully saturated rings. The second-order valence-corrected chi connectivity index (χ2v) is 2.44. The monoisotopic (exact) mass is 148 g/mol. The van der Waals surface area contributed by atoms with Crippen molar-refractivity contribution in [3.05, 3.63) is 0 Å². The first-order valence-corrected chi connectivity index (χ1v) is 4.22. The zero-order valence-corrected chi connectivity index (χ0v) is 4.11. The van der Waals surface area contributed by atoms with E-state index in [0.29, 0.717) is 0 Å². The van der Waals surface area contributed by atoms with E-state index in [4.69, 9.17) is 8.02 Å². The molecule has 0 spiro atoms. The molecule has 0 aromatic rings. The summed E-state index contributed by atoms with van der Waals surface area (Å²) in [5.74, 6) is 0. The maximum atomic E-state index is 8.97. The molecule has 0 aliphatic heterocycles. The summed E-state index contributed by atoms with van der Waals surface area (Å²) in [6.07, 6.45) is 0. The molecule has 0 heterocycles. The van der Waals surface area contributed by atoms with Gasteiger partial charge in [0.05, 0.1) is 0 Å². The van der Waals surface area contributed by atoms with Gasteiger partial charge in [-0.3, -0.25) is 0 Å². The van der Waals surface area contributed by atoms with Crippen molar-refractivity contribution in [2.75, 3.05) is 0 Å². The van der Waals surface area contributed by atoms with E-state index < -0.39 is 13.3 Å². The molecule has 0 aliphatic carbocycles. The van der Waals surface area contributed by atoms with Crippen LogP contribution in [0, 0.1) is 0 Å². The number of rotatable bonds is 0. The zero-order valence-electron chi connectivity index (χ0n) is 1.64. The van der Waals surface area contributed by atoms with Crippen molar-refractivity contribution in [3.8, 4) is 0 Å². The second kappa shape index (κ2) is 1.85. The van der Waals surface area contributed by atoms with Gasteiger partial charge in [0.1, 0.15) is 0 Å². The third-order valence-electron chi connectivity index (χ3n) is 0. The Morgan fingerprint density at radius 1 is 2.00 bits per heavy atom. The quantitative estimate of drug-likeness (QED) is 0.475. The van der Waals surface area contributed by atoms with Crippen LogP contribution in [0.4, 0.5) is 0 Å². The third kappa shape index (κ3) is 19.5. The van der Waals surface area contributed by atoms with Gasteiger partial charge in [-0.15, -0.1) is 0 Å². The Balaban J connectivity index is 2.80. The molecule has 0 rings (SSSR count). The van der Waals surface area contributed by atoms with Crippen LogP contribution in [-0.4, -0.2) is 17.4 Å². The Bertz CT molecular complexity index is 29.0. The van der Waals surface area contributed by atoms with Gasteiger partial charge in [0.15, 0.2) is 0 Å². The molecule has 4 heteroatoms. The van der Waals surface area contributed by atoms with Crippen LogP contribution in [0.1, 0.15) is 0 Å². The van der Waals surface area contributed by atoms with Crippen LogP contribution < -0.4 is 0 Å². The van der Waals surface area contributed by atoms with E-state index in [1.54, 1.807) is 0 Å². The van der Waals surface area contributed by atoms with Gasteiger partial charge in [-0.2, -0.15) is 0 Å². The molecular formula is HClO2Se. The van der Waals surface area contributed by atoms with E-state index in [1.807, 2.05) is 0 Å². The van der Waals surface area contributed by atoms with Crippen molar-refractivity contribution in [1.29, 1.82) is 0 Å². The minimum absolute atomic E-state index is 2.82. The first-order valence-electron chi connectivity index (χ1n) is 0.504. The fourth-order valence-electron chi connectivity index (χ4n) is 0. The van der Waals surface area contributed by atoms with Gasteiger partial charge in [0.2, 0.25) is 0 Å². The molecule has 0 aromatic carbocycles. The van der Waals surface area contributed by atoms with Crippen LogP contribution in [0.2, 0.25) is 0 Å². The van der Waals surface area contributed by atoms with E-state index >= 15 is 0 Å². The average molecular weight is 147 g/mol. The van der Waals surface area contributed by atoms with E-state index in [-0.39, 0.29) is 0 Å². The topological polar surface area (TPSA) is 37.3 Å². The summed E-state index contributed by atoms with van der Waals surface area (Å²) in [5, 5.41) is 0. The zero-order chi connectivity index (χ0) is 3.58. The molecule has 0 bridgehead atoms. The van der Waals surface area contributed by atoms with Gasteiger partial charge in [-0.25, -0.2) is 0 Å². The molecule has 1 unspecified atom stereocenters. The van der Waals surface area contributed by atoms with Crippen molar-refractivity contribution >= 4 is 23.3 Å². The summed E-state index contributed by atoms with van der Waals surface area (Å²) in [7, 11) is 4.40. The number of hydrogen-bond acceptors (Lipinski definition) is 1. The van der Waals surface area contributed by atoms with Crippen molar-refractivity contribution in [1.82, 2.24) is 0 Å². The molecule has 0 aliphatic rings. The molecule has 1 N–H and O–H groups in total. The number of hydrogen-bond donors (Lipinski definition) is 1. The van der Waals surface area contributed by atoms with E-state index in [1.165, 1.54) is 0 Å². The predicted octanol–water partition coefficient (Wildman–Crippen LogP) is -0.367. The van der Waals surface area contributed by atoms with Crippen molar-refractivity contribution in [2.24, 2.45) is 0 Å². The Hall–Kier alpha value is 0.569. The standard InChI is InChI=1S/ClHO2Se/c1-4(2)3/h(H,2,3). The summed E-state index contributed by atoms with van der Waals surface area (Å²) < 4.78 is 16.4. The fraction of sp³-hybridized carbons (Fsp3) is 0. The first-order chi connectivity index (χ1) is 1.73. The summed E-state index contributed by atoms with van der Waals surface area (Å²) in [4.78, 5) is 0. The Morgan fingerprint density at radius 3 is 2.00 bits per heavy atom. The Kier molecular flexibility index (Phi) is 2.11. The predicted molar refractivity (Wildman–Crippen MR) is 14.5 cm³/mol. The first kappa shape index (κ1) is 4.57. The maximum absolute atomic E-state index is 8.97. The average Bonchev–Trinajstić information content (AvgIpc) is 0.811. The van der Waals surface area contributed by atoms with Gasteiger partial charge in [-0.05, 0) is 0 Å². The summed E-state index contributed by atoms with van der Waals surface area (Å²) in [5.41, 5.74) is 0. The van der Waals surface area contributed by atoms with Crippen molar-refractivity contribution < 1.29 is 8.02 Å². The van der Waals surface area contributed by atoms with E-state index in [0.717, 1.165) is 0 Å². The summed E-state index contributed by atoms with van der Waals surface area (Å²) in [6.45, 7) is 0. The molecule has 0 saturated carbocycles. The summed E-state index contributed by atoms with van der Waals surface area (Å²) in [6, 6.07) is 0. The fourth-order valence-corrected chi connectivity index (χ4v) is 0. The molecule has 0 radical (unpaired) electrons. The molecular weight excluding hydrogens is 146 g/mol. The van der Waals surface area contributed by atoms with Gasteiger partial charge in [0.25, 0.3) is 0 Å². The molecule has 2 nitrogen and oxygen atoms in total. The Morgan fingerprint density at radius 2 is 2.00 bits per heavy atom. The SMILES string of the molecule is O=[Se](O)Cl. The third-order valence-corrected chi connectivity index (χ3v) is 0. The van der Waals surface area contributed by atoms with Crippen LogP contribution in [0.3, 0.4) is 0 Å². The van der Waals surface area contributed by atoms with Gasteiger partial charge in [-0.1, -0.05) is 0 Å². The number of halogens is 1. The molecule has 0 saturated heterocycles. The van der Waals surface area contributed by atoms with Crippen LogP contribution >= 0.6 is 10.1 Å². The van der Waals surface area contributed by atoms with E-state index in [9.17, 15) is 0 Å². The van der Waals surface area contributed by atoms with Crippen LogP contribution in [0.15, 0.2) is 0 Å². The molecule has 26 valence electrons. The second-order valence-electron chi connectivity index (χ2n) is 0.207. The van der Waals surface area contributed by atoms with Gasteiger partial charge >= 0.3 is 31.4 Å². The van der Waals surface area contributed by atoms with Gasteiger partial charge in [0, 0.05) is 0 Å². The summed E-state index contributed by atoms with van der Waals surface area (Å²) >= 11 is -2.82. The molecule has 0 aromatic heterocycles. The van der Waals surface area contributed by atoms with Crippen LogP contribution in [-0.2, 0) is 3.83 Å². The molecule has 1 atom stereocenters. The van der Waals surface area contributed by atoms with Gasteiger partial charge < -0.3 is 0 Å². The molecule has 0 amide bonds.